The van der Waals surface area contributed by atoms with E-state index >= 15 is 0 Å². The fraction of sp³-hybridized carbons (Fsp3) is 0.368. The molecule has 0 saturated heterocycles. The highest BCUT2D eigenvalue weighted by atomic mass is 16.5. The molecule has 0 spiro atoms. The molecule has 0 unspecified atom stereocenters. The summed E-state index contributed by atoms with van der Waals surface area (Å²) in [6, 6.07) is 3.87. The molecule has 0 bridgehead atoms. The van der Waals surface area contributed by atoms with Gasteiger partial charge in [-0.2, -0.15) is 5.10 Å². The molecular formula is C19H21N5O2. The van der Waals surface area contributed by atoms with Crippen molar-refractivity contribution in [2.24, 2.45) is 5.92 Å². The molecule has 26 heavy (non-hydrogen) atoms. The summed E-state index contributed by atoms with van der Waals surface area (Å²) in [4.78, 5) is 20.6. The molecule has 1 aliphatic carbocycles. The first-order chi connectivity index (χ1) is 12.6. The van der Waals surface area contributed by atoms with Crippen LogP contribution in [0.1, 0.15) is 34.5 Å². The first-order valence-corrected chi connectivity index (χ1v) is 8.76. The van der Waals surface area contributed by atoms with Gasteiger partial charge in [0.1, 0.15) is 5.69 Å². The van der Waals surface area contributed by atoms with Crippen molar-refractivity contribution >= 4 is 16.8 Å². The van der Waals surface area contributed by atoms with Crippen LogP contribution in [0, 0.1) is 12.8 Å². The first kappa shape index (κ1) is 16.5. The highest BCUT2D eigenvalue weighted by Gasteiger charge is 2.22. The topological polar surface area (TPSA) is 81.9 Å². The molecule has 7 heteroatoms. The number of pyridine rings is 2. The predicted octanol–water partition coefficient (Wildman–Crippen LogP) is 2.33. The van der Waals surface area contributed by atoms with Gasteiger partial charge in [0.05, 0.1) is 24.1 Å². The van der Waals surface area contributed by atoms with Gasteiger partial charge in [0.25, 0.3) is 5.91 Å². The maximum atomic E-state index is 12.0. The smallest absolute Gasteiger partial charge is 0.270 e. The number of aryl methyl sites for hydroxylation is 1. The number of carbonyl (C=O) groups is 1. The number of fused-ring (bicyclic) bond motifs is 1. The Balaban J connectivity index is 1.55. The Morgan fingerprint density at radius 1 is 1.38 bits per heavy atom. The maximum absolute atomic E-state index is 12.0. The lowest BCUT2D eigenvalue weighted by molar-refractivity contribution is 0.0960. The Morgan fingerprint density at radius 2 is 2.23 bits per heavy atom. The van der Waals surface area contributed by atoms with Crippen LogP contribution in [-0.4, -0.2) is 39.3 Å². The van der Waals surface area contributed by atoms with Gasteiger partial charge in [0.15, 0.2) is 0 Å². The van der Waals surface area contributed by atoms with Crippen molar-refractivity contribution in [1.82, 2.24) is 25.1 Å². The van der Waals surface area contributed by atoms with Gasteiger partial charge >= 0.3 is 0 Å². The SMILES string of the molecule is CNC(=O)c1nccc2nn(Cc3cnc(OCC4CC4)c(C)c3)cc12. The molecule has 1 amide bonds. The maximum Gasteiger partial charge on any atom is 0.270 e. The highest BCUT2D eigenvalue weighted by Crippen LogP contribution is 2.29. The predicted molar refractivity (Wildman–Crippen MR) is 97.2 cm³/mol. The molecule has 1 N–H and O–H groups in total. The van der Waals surface area contributed by atoms with Crippen LogP contribution in [0.4, 0.5) is 0 Å². The van der Waals surface area contributed by atoms with E-state index < -0.39 is 0 Å². The van der Waals surface area contributed by atoms with Crippen LogP contribution in [-0.2, 0) is 6.54 Å². The van der Waals surface area contributed by atoms with Gasteiger partial charge in [0, 0.05) is 31.2 Å². The minimum atomic E-state index is -0.218. The number of carbonyl (C=O) groups excluding carboxylic acids is 1. The van der Waals surface area contributed by atoms with Gasteiger partial charge in [0.2, 0.25) is 5.88 Å². The second kappa shape index (κ2) is 6.74. The van der Waals surface area contributed by atoms with E-state index in [0.29, 0.717) is 24.0 Å². The number of amides is 1. The van der Waals surface area contributed by atoms with Crippen molar-refractivity contribution in [3.63, 3.8) is 0 Å². The fourth-order valence-electron chi connectivity index (χ4n) is 2.90. The van der Waals surface area contributed by atoms with Crippen molar-refractivity contribution in [3.8, 4) is 5.88 Å². The molecule has 1 aliphatic rings. The largest absolute Gasteiger partial charge is 0.477 e. The number of nitrogens with zero attached hydrogens (tertiary/aromatic N) is 4. The molecule has 3 aromatic rings. The van der Waals surface area contributed by atoms with Gasteiger partial charge in [-0.15, -0.1) is 0 Å². The summed E-state index contributed by atoms with van der Waals surface area (Å²) in [6.07, 6.45) is 7.79. The van der Waals surface area contributed by atoms with E-state index in [2.05, 4.69) is 26.4 Å². The molecule has 4 rings (SSSR count). The molecule has 0 aromatic carbocycles. The standard InChI is InChI=1S/C19H21N5O2/c1-12-7-14(8-22-19(12)26-11-13-3-4-13)9-24-10-15-16(23-24)5-6-21-17(15)18(25)20-2/h5-8,10,13H,3-4,9,11H2,1-2H3,(H,20,25). The molecule has 0 atom stereocenters. The summed E-state index contributed by atoms with van der Waals surface area (Å²) in [5.74, 6) is 1.19. The van der Waals surface area contributed by atoms with E-state index in [9.17, 15) is 4.79 Å². The number of rotatable bonds is 6. The average molecular weight is 351 g/mol. The summed E-state index contributed by atoms with van der Waals surface area (Å²) in [5, 5.41) is 7.89. The van der Waals surface area contributed by atoms with Gasteiger partial charge in [-0.25, -0.2) is 4.98 Å². The van der Waals surface area contributed by atoms with E-state index in [-0.39, 0.29) is 5.91 Å². The van der Waals surface area contributed by atoms with Gasteiger partial charge in [-0.3, -0.25) is 14.5 Å². The molecule has 0 aliphatic heterocycles. The summed E-state index contributed by atoms with van der Waals surface area (Å²) in [7, 11) is 1.59. The van der Waals surface area contributed by atoms with Crippen molar-refractivity contribution in [3.05, 3.63) is 47.5 Å². The van der Waals surface area contributed by atoms with Crippen molar-refractivity contribution < 1.29 is 9.53 Å². The quantitative estimate of drug-likeness (QED) is 0.737. The zero-order valence-corrected chi connectivity index (χ0v) is 14.9. The lowest BCUT2D eigenvalue weighted by Gasteiger charge is -2.09. The Hall–Kier alpha value is -2.96. The molecular weight excluding hydrogens is 330 g/mol. The van der Waals surface area contributed by atoms with E-state index in [4.69, 9.17) is 4.74 Å². The van der Waals surface area contributed by atoms with Gasteiger partial charge in [-0.05, 0) is 43.4 Å². The van der Waals surface area contributed by atoms with Gasteiger partial charge in [-0.1, -0.05) is 0 Å². The van der Waals surface area contributed by atoms with E-state index in [1.54, 1.807) is 24.0 Å². The van der Waals surface area contributed by atoms with Crippen molar-refractivity contribution in [2.45, 2.75) is 26.3 Å². The normalized spacial score (nSPS) is 13.8. The second-order valence-corrected chi connectivity index (χ2v) is 6.72. The molecule has 134 valence electrons. The average Bonchev–Trinajstić information content (AvgIpc) is 3.37. The summed E-state index contributed by atoms with van der Waals surface area (Å²) < 4.78 is 7.59. The molecule has 7 nitrogen and oxygen atoms in total. The summed E-state index contributed by atoms with van der Waals surface area (Å²) >= 11 is 0. The zero-order chi connectivity index (χ0) is 18.1. The van der Waals surface area contributed by atoms with E-state index in [1.807, 2.05) is 19.3 Å². The molecule has 0 radical (unpaired) electrons. The summed E-state index contributed by atoms with van der Waals surface area (Å²) in [6.45, 7) is 3.33. The molecule has 1 fully saturated rings. The number of nitrogens with one attached hydrogen (secondary N) is 1. The third kappa shape index (κ3) is 3.37. The number of hydrogen-bond acceptors (Lipinski definition) is 5. The Labute approximate surface area is 151 Å². The summed E-state index contributed by atoms with van der Waals surface area (Å²) in [5.41, 5.74) is 3.18. The van der Waals surface area contributed by atoms with Gasteiger partial charge < -0.3 is 10.1 Å². The number of ether oxygens (including phenoxy) is 1. The lowest BCUT2D eigenvalue weighted by Crippen LogP contribution is -2.19. The Morgan fingerprint density at radius 3 is 2.96 bits per heavy atom. The second-order valence-electron chi connectivity index (χ2n) is 6.72. The third-order valence-corrected chi connectivity index (χ3v) is 4.51. The van der Waals surface area contributed by atoms with Crippen LogP contribution < -0.4 is 10.1 Å². The molecule has 3 heterocycles. The minimum Gasteiger partial charge on any atom is -0.477 e. The molecule has 1 saturated carbocycles. The fourth-order valence-corrected chi connectivity index (χ4v) is 2.90. The molecule has 3 aromatic heterocycles. The third-order valence-electron chi connectivity index (χ3n) is 4.51. The van der Waals surface area contributed by atoms with E-state index in [1.165, 1.54) is 12.8 Å². The number of hydrogen-bond donors (Lipinski definition) is 1. The zero-order valence-electron chi connectivity index (χ0n) is 14.9. The lowest BCUT2D eigenvalue weighted by atomic mass is 10.2. The van der Waals surface area contributed by atoms with Crippen LogP contribution in [0.2, 0.25) is 0 Å². The van der Waals surface area contributed by atoms with Crippen molar-refractivity contribution in [1.29, 1.82) is 0 Å². The monoisotopic (exact) mass is 351 g/mol. The van der Waals surface area contributed by atoms with Crippen LogP contribution in [0.25, 0.3) is 10.9 Å². The van der Waals surface area contributed by atoms with Crippen LogP contribution >= 0.6 is 0 Å². The minimum absolute atomic E-state index is 0.218. The van der Waals surface area contributed by atoms with Crippen LogP contribution in [0.3, 0.4) is 0 Å². The number of aromatic nitrogens is 4. The van der Waals surface area contributed by atoms with E-state index in [0.717, 1.165) is 28.6 Å². The highest BCUT2D eigenvalue weighted by molar-refractivity contribution is 6.03. The van der Waals surface area contributed by atoms with Crippen LogP contribution in [0.5, 0.6) is 5.88 Å². The Kier molecular flexibility index (Phi) is 4.28. The first-order valence-electron chi connectivity index (χ1n) is 8.76. The van der Waals surface area contributed by atoms with Crippen molar-refractivity contribution in [2.75, 3.05) is 13.7 Å². The van der Waals surface area contributed by atoms with Crippen LogP contribution in [0.15, 0.2) is 30.7 Å². The Bertz CT molecular complexity index is 962.